The van der Waals surface area contributed by atoms with Gasteiger partial charge in [0.15, 0.2) is 11.5 Å². The number of ether oxygens (including phenoxy) is 2. The molecule has 0 saturated heterocycles. The van der Waals surface area contributed by atoms with Gasteiger partial charge in [-0.25, -0.2) is 4.68 Å². The van der Waals surface area contributed by atoms with Gasteiger partial charge in [-0.3, -0.25) is 0 Å². The molecule has 6 nitrogen and oxygen atoms in total. The van der Waals surface area contributed by atoms with Crippen LogP contribution in [-0.2, 0) is 0 Å². The van der Waals surface area contributed by atoms with Crippen molar-refractivity contribution < 1.29 is 9.47 Å². The molecule has 1 unspecified atom stereocenters. The Bertz CT molecular complexity index is 1010. The van der Waals surface area contributed by atoms with E-state index in [1.54, 1.807) is 20.5 Å². The first-order valence-corrected chi connectivity index (χ1v) is 9.31. The van der Waals surface area contributed by atoms with Gasteiger partial charge < -0.3 is 14.8 Å². The molecule has 0 bridgehead atoms. The van der Waals surface area contributed by atoms with Crippen LogP contribution in [0.4, 0.5) is 5.95 Å². The Morgan fingerprint density at radius 1 is 1.00 bits per heavy atom. The Kier molecular flexibility index (Phi) is 4.77. The molecule has 0 spiro atoms. The smallest absolute Gasteiger partial charge is 0.226 e. The highest BCUT2D eigenvalue weighted by molar-refractivity contribution is 5.77. The normalized spacial score (nSPS) is 15.6. The lowest BCUT2D eigenvalue weighted by Crippen LogP contribution is -2.20. The summed E-state index contributed by atoms with van der Waals surface area (Å²) in [5.41, 5.74) is 4.49. The van der Waals surface area contributed by atoms with Crippen LogP contribution in [0.1, 0.15) is 42.5 Å². The number of anilines is 1. The molecule has 2 aromatic carbocycles. The molecule has 2 heterocycles. The second-order valence-corrected chi connectivity index (χ2v) is 7.07. The average molecular weight is 376 g/mol. The SMILES string of the molecule is COc1ccc(C2C=C(c3ccc(C(C)C)cc3)Nc3ncnn32)cc1OC. The topological polar surface area (TPSA) is 61.2 Å². The van der Waals surface area contributed by atoms with Crippen LogP contribution in [0, 0.1) is 0 Å². The van der Waals surface area contributed by atoms with Crippen LogP contribution >= 0.6 is 0 Å². The van der Waals surface area contributed by atoms with Crippen LogP contribution in [0.2, 0.25) is 0 Å². The molecule has 1 N–H and O–H groups in total. The lowest BCUT2D eigenvalue weighted by molar-refractivity contribution is 0.354. The fourth-order valence-corrected chi connectivity index (χ4v) is 3.42. The van der Waals surface area contributed by atoms with E-state index in [0.717, 1.165) is 16.8 Å². The van der Waals surface area contributed by atoms with E-state index >= 15 is 0 Å². The maximum atomic E-state index is 5.48. The van der Waals surface area contributed by atoms with Crippen molar-refractivity contribution in [1.82, 2.24) is 14.8 Å². The summed E-state index contributed by atoms with van der Waals surface area (Å²) in [7, 11) is 3.28. The monoisotopic (exact) mass is 376 g/mol. The Hall–Kier alpha value is -3.28. The van der Waals surface area contributed by atoms with Gasteiger partial charge in [0, 0.05) is 5.70 Å². The summed E-state index contributed by atoms with van der Waals surface area (Å²) in [6.07, 6.45) is 3.72. The Morgan fingerprint density at radius 3 is 2.43 bits per heavy atom. The Morgan fingerprint density at radius 2 is 1.75 bits per heavy atom. The third-order valence-corrected chi connectivity index (χ3v) is 5.05. The quantitative estimate of drug-likeness (QED) is 0.712. The largest absolute Gasteiger partial charge is 0.493 e. The molecule has 144 valence electrons. The van der Waals surface area contributed by atoms with E-state index in [2.05, 4.69) is 59.6 Å². The number of hydrogen-bond acceptors (Lipinski definition) is 5. The van der Waals surface area contributed by atoms with Gasteiger partial charge in [0.25, 0.3) is 0 Å². The molecule has 28 heavy (non-hydrogen) atoms. The minimum atomic E-state index is -0.0988. The van der Waals surface area contributed by atoms with Gasteiger partial charge in [-0.1, -0.05) is 44.2 Å². The van der Waals surface area contributed by atoms with Crippen molar-refractivity contribution >= 4 is 11.6 Å². The summed E-state index contributed by atoms with van der Waals surface area (Å²) >= 11 is 0. The molecular formula is C22H24N4O2. The fraction of sp³-hybridized carbons (Fsp3) is 0.273. The summed E-state index contributed by atoms with van der Waals surface area (Å²) in [6, 6.07) is 14.5. The zero-order valence-corrected chi connectivity index (χ0v) is 16.5. The summed E-state index contributed by atoms with van der Waals surface area (Å²) in [6.45, 7) is 4.39. The average Bonchev–Trinajstić information content (AvgIpc) is 3.21. The molecule has 0 aliphatic carbocycles. The van der Waals surface area contributed by atoms with E-state index in [0.29, 0.717) is 23.4 Å². The molecule has 6 heteroatoms. The summed E-state index contributed by atoms with van der Waals surface area (Å²) in [5, 5.41) is 7.79. The lowest BCUT2D eigenvalue weighted by atomic mass is 9.98. The molecule has 0 amide bonds. The first-order chi connectivity index (χ1) is 13.6. The highest BCUT2D eigenvalue weighted by Crippen LogP contribution is 2.36. The number of nitrogens with one attached hydrogen (secondary N) is 1. The van der Waals surface area contributed by atoms with E-state index in [1.807, 2.05) is 22.9 Å². The molecule has 1 aliphatic heterocycles. The number of aromatic nitrogens is 3. The summed E-state index contributed by atoms with van der Waals surface area (Å²) in [5.74, 6) is 2.61. The number of methoxy groups -OCH3 is 2. The number of rotatable bonds is 5. The Balaban J connectivity index is 1.75. The molecule has 0 fully saturated rings. The highest BCUT2D eigenvalue weighted by atomic mass is 16.5. The number of hydrogen-bond donors (Lipinski definition) is 1. The first-order valence-electron chi connectivity index (χ1n) is 9.31. The van der Waals surface area contributed by atoms with Crippen LogP contribution < -0.4 is 14.8 Å². The zero-order valence-electron chi connectivity index (χ0n) is 16.5. The van der Waals surface area contributed by atoms with Gasteiger partial charge >= 0.3 is 0 Å². The highest BCUT2D eigenvalue weighted by Gasteiger charge is 2.24. The molecule has 3 aromatic rings. The van der Waals surface area contributed by atoms with Crippen molar-refractivity contribution in [2.24, 2.45) is 0 Å². The van der Waals surface area contributed by atoms with Crippen molar-refractivity contribution in [3.05, 3.63) is 71.6 Å². The maximum Gasteiger partial charge on any atom is 0.226 e. The van der Waals surface area contributed by atoms with Crippen molar-refractivity contribution in [1.29, 1.82) is 0 Å². The molecule has 1 aliphatic rings. The molecule has 0 radical (unpaired) electrons. The third kappa shape index (κ3) is 3.22. The first kappa shape index (κ1) is 18.1. The van der Waals surface area contributed by atoms with Gasteiger partial charge in [-0.05, 0) is 40.8 Å². The van der Waals surface area contributed by atoms with E-state index < -0.39 is 0 Å². The van der Waals surface area contributed by atoms with Gasteiger partial charge in [-0.15, -0.1) is 0 Å². The lowest BCUT2D eigenvalue weighted by Gasteiger charge is -2.25. The van der Waals surface area contributed by atoms with E-state index in [4.69, 9.17) is 9.47 Å². The Labute approximate surface area is 164 Å². The second kappa shape index (κ2) is 7.38. The summed E-state index contributed by atoms with van der Waals surface area (Å²) < 4.78 is 12.7. The van der Waals surface area contributed by atoms with Gasteiger partial charge in [0.2, 0.25) is 5.95 Å². The third-order valence-electron chi connectivity index (χ3n) is 5.05. The number of fused-ring (bicyclic) bond motifs is 1. The minimum Gasteiger partial charge on any atom is -0.493 e. The zero-order chi connectivity index (χ0) is 19.7. The predicted molar refractivity (Wildman–Crippen MR) is 110 cm³/mol. The van der Waals surface area contributed by atoms with Crippen LogP contribution in [-0.4, -0.2) is 29.0 Å². The van der Waals surface area contributed by atoms with Gasteiger partial charge in [0.05, 0.1) is 14.2 Å². The molecule has 0 saturated carbocycles. The van der Waals surface area contributed by atoms with Crippen LogP contribution in [0.25, 0.3) is 5.70 Å². The van der Waals surface area contributed by atoms with Crippen LogP contribution in [0.5, 0.6) is 11.5 Å². The fourth-order valence-electron chi connectivity index (χ4n) is 3.42. The second-order valence-electron chi connectivity index (χ2n) is 7.07. The molecular weight excluding hydrogens is 352 g/mol. The van der Waals surface area contributed by atoms with Crippen molar-refractivity contribution in [2.75, 3.05) is 19.5 Å². The molecule has 1 atom stereocenters. The van der Waals surface area contributed by atoms with Crippen molar-refractivity contribution in [3.8, 4) is 11.5 Å². The number of benzene rings is 2. The number of allylic oxidation sites excluding steroid dienone is 1. The van der Waals surface area contributed by atoms with E-state index in [9.17, 15) is 0 Å². The van der Waals surface area contributed by atoms with Crippen molar-refractivity contribution in [2.45, 2.75) is 25.8 Å². The summed E-state index contributed by atoms with van der Waals surface area (Å²) in [4.78, 5) is 4.37. The van der Waals surface area contributed by atoms with Gasteiger partial charge in [0.1, 0.15) is 12.4 Å². The van der Waals surface area contributed by atoms with Crippen molar-refractivity contribution in [3.63, 3.8) is 0 Å². The molecule has 1 aromatic heterocycles. The maximum absolute atomic E-state index is 5.48. The van der Waals surface area contributed by atoms with Crippen LogP contribution in [0.3, 0.4) is 0 Å². The number of nitrogens with zero attached hydrogens (tertiary/aromatic N) is 3. The van der Waals surface area contributed by atoms with Gasteiger partial charge in [-0.2, -0.15) is 10.1 Å². The predicted octanol–water partition coefficient (Wildman–Crippen LogP) is 4.47. The van der Waals surface area contributed by atoms with E-state index in [1.165, 1.54) is 5.56 Å². The standard InChI is InChI=1S/C22H24N4O2/c1-14(2)15-5-7-16(8-6-15)18-12-19(26-22(25-18)23-13-24-26)17-9-10-20(27-3)21(11-17)28-4/h5-14,19H,1-4H3,(H,23,24,25). The molecule has 4 rings (SSSR count). The minimum absolute atomic E-state index is 0.0988. The van der Waals surface area contributed by atoms with Crippen LogP contribution in [0.15, 0.2) is 54.9 Å². The van der Waals surface area contributed by atoms with E-state index in [-0.39, 0.29) is 6.04 Å².